The minimum atomic E-state index is -0.627. The zero-order chi connectivity index (χ0) is 23.5. The second-order valence-corrected chi connectivity index (χ2v) is 9.08. The van der Waals surface area contributed by atoms with Crippen LogP contribution in [0.2, 0.25) is 0 Å². The summed E-state index contributed by atoms with van der Waals surface area (Å²) in [5.41, 5.74) is 2.33. The van der Waals surface area contributed by atoms with Crippen LogP contribution in [0.3, 0.4) is 0 Å². The van der Waals surface area contributed by atoms with Gasteiger partial charge in [0.1, 0.15) is 5.75 Å². The van der Waals surface area contributed by atoms with Crippen molar-refractivity contribution in [1.29, 1.82) is 0 Å². The van der Waals surface area contributed by atoms with Crippen LogP contribution in [0.5, 0.6) is 5.75 Å². The highest BCUT2D eigenvalue weighted by atomic mass is 16.5. The molecule has 3 heterocycles. The van der Waals surface area contributed by atoms with Crippen LogP contribution < -0.4 is 19.9 Å². The molecule has 0 aliphatic carbocycles. The van der Waals surface area contributed by atoms with E-state index in [1.54, 1.807) is 4.90 Å². The van der Waals surface area contributed by atoms with E-state index >= 15 is 0 Å². The molecule has 3 aliphatic rings. The summed E-state index contributed by atoms with van der Waals surface area (Å²) in [6.45, 7) is 2.70. The molecule has 178 valence electrons. The Labute approximate surface area is 199 Å². The summed E-state index contributed by atoms with van der Waals surface area (Å²) in [5.74, 6) is 0.575. The molecule has 0 saturated carbocycles. The number of hydrogen-bond acceptors (Lipinski definition) is 5. The van der Waals surface area contributed by atoms with Crippen molar-refractivity contribution in [1.82, 2.24) is 4.90 Å². The van der Waals surface area contributed by atoms with Gasteiger partial charge in [-0.3, -0.25) is 14.4 Å². The normalized spacial score (nSPS) is 20.1. The highest BCUT2D eigenvalue weighted by Gasteiger charge is 2.34. The number of carbonyl (C=O) groups is 3. The van der Waals surface area contributed by atoms with Crippen molar-refractivity contribution in [2.24, 2.45) is 0 Å². The molecule has 0 bridgehead atoms. The number of nitrogens with zero attached hydrogens (tertiary/aromatic N) is 3. The lowest BCUT2D eigenvalue weighted by atomic mass is 10.1. The van der Waals surface area contributed by atoms with Crippen LogP contribution in [0.4, 0.5) is 17.1 Å². The first kappa shape index (κ1) is 22.3. The van der Waals surface area contributed by atoms with Crippen molar-refractivity contribution in [2.75, 3.05) is 47.8 Å². The van der Waals surface area contributed by atoms with E-state index in [9.17, 15) is 14.4 Å². The Bertz CT molecular complexity index is 1060. The Kier molecular flexibility index (Phi) is 6.38. The van der Waals surface area contributed by atoms with Crippen molar-refractivity contribution in [3.63, 3.8) is 0 Å². The van der Waals surface area contributed by atoms with Gasteiger partial charge in [0.2, 0.25) is 11.8 Å². The van der Waals surface area contributed by atoms with Crippen molar-refractivity contribution in [2.45, 2.75) is 38.2 Å². The average molecular weight is 463 g/mol. The van der Waals surface area contributed by atoms with E-state index in [2.05, 4.69) is 5.32 Å². The van der Waals surface area contributed by atoms with Crippen LogP contribution in [-0.2, 0) is 14.4 Å². The van der Waals surface area contributed by atoms with Gasteiger partial charge in [-0.2, -0.15) is 0 Å². The average Bonchev–Trinajstić information content (AvgIpc) is 3.30. The summed E-state index contributed by atoms with van der Waals surface area (Å²) in [7, 11) is 0. The molecule has 34 heavy (non-hydrogen) atoms. The molecule has 2 saturated heterocycles. The molecular formula is C26H30N4O4. The monoisotopic (exact) mass is 462 g/mol. The van der Waals surface area contributed by atoms with E-state index in [1.165, 1.54) is 0 Å². The lowest BCUT2D eigenvalue weighted by Gasteiger charge is -2.38. The molecule has 0 aromatic heterocycles. The largest absolute Gasteiger partial charge is 0.477 e. The SMILES string of the molecule is O=C(CN1CC(C(=O)N2CCCCC2)Oc2ccccc21)Nc1ccc(N2CCCC2=O)cc1. The first-order valence-electron chi connectivity index (χ1n) is 12.1. The van der Waals surface area contributed by atoms with E-state index in [-0.39, 0.29) is 24.3 Å². The molecule has 2 aromatic carbocycles. The van der Waals surface area contributed by atoms with Gasteiger partial charge in [-0.25, -0.2) is 0 Å². The molecule has 2 fully saturated rings. The van der Waals surface area contributed by atoms with E-state index in [0.717, 1.165) is 56.7 Å². The first-order chi connectivity index (χ1) is 16.6. The zero-order valence-electron chi connectivity index (χ0n) is 19.2. The molecule has 0 radical (unpaired) electrons. The third-order valence-electron chi connectivity index (χ3n) is 6.68. The van der Waals surface area contributed by atoms with E-state index in [0.29, 0.717) is 24.4 Å². The van der Waals surface area contributed by atoms with Crippen molar-refractivity contribution >= 4 is 34.8 Å². The van der Waals surface area contributed by atoms with E-state index in [1.807, 2.05) is 58.3 Å². The van der Waals surface area contributed by atoms with Crippen molar-refractivity contribution in [3.8, 4) is 5.75 Å². The number of rotatable bonds is 5. The third kappa shape index (κ3) is 4.71. The quantitative estimate of drug-likeness (QED) is 0.739. The lowest BCUT2D eigenvalue weighted by Crippen LogP contribution is -2.52. The smallest absolute Gasteiger partial charge is 0.265 e. The topological polar surface area (TPSA) is 82.2 Å². The molecule has 1 unspecified atom stereocenters. The van der Waals surface area contributed by atoms with Crippen LogP contribution in [0.1, 0.15) is 32.1 Å². The number of para-hydroxylation sites is 2. The molecule has 3 amide bonds. The number of carbonyl (C=O) groups excluding carboxylic acids is 3. The maximum absolute atomic E-state index is 13.1. The standard InChI is InChI=1S/C26H30N4O4/c31-24(27-19-10-12-20(13-11-19)30-16-6-9-25(30)32)18-29-17-23(26(33)28-14-4-1-5-15-28)34-22-8-3-2-7-21(22)29/h2-3,7-8,10-13,23H,1,4-6,9,14-18H2,(H,27,31). The zero-order valence-corrected chi connectivity index (χ0v) is 19.2. The molecule has 8 nitrogen and oxygen atoms in total. The maximum atomic E-state index is 13.1. The summed E-state index contributed by atoms with van der Waals surface area (Å²) >= 11 is 0. The van der Waals surface area contributed by atoms with Gasteiger partial charge in [0.25, 0.3) is 5.91 Å². The van der Waals surface area contributed by atoms with Gasteiger partial charge in [0.15, 0.2) is 6.10 Å². The van der Waals surface area contributed by atoms with Crippen LogP contribution >= 0.6 is 0 Å². The van der Waals surface area contributed by atoms with Crippen LogP contribution in [0, 0.1) is 0 Å². The molecule has 8 heteroatoms. The highest BCUT2D eigenvalue weighted by molar-refractivity contribution is 5.97. The molecule has 3 aliphatic heterocycles. The summed E-state index contributed by atoms with van der Waals surface area (Å²) in [6.07, 6.45) is 4.02. The fourth-order valence-electron chi connectivity index (χ4n) is 4.92. The number of ether oxygens (including phenoxy) is 1. The van der Waals surface area contributed by atoms with Gasteiger partial charge in [0.05, 0.1) is 18.8 Å². The molecule has 1 atom stereocenters. The minimum absolute atomic E-state index is 0.00772. The van der Waals surface area contributed by atoms with Gasteiger partial charge in [-0.15, -0.1) is 0 Å². The third-order valence-corrected chi connectivity index (χ3v) is 6.68. The van der Waals surface area contributed by atoms with Crippen LogP contribution in [0.15, 0.2) is 48.5 Å². The van der Waals surface area contributed by atoms with Crippen LogP contribution in [0.25, 0.3) is 0 Å². The van der Waals surface area contributed by atoms with Gasteiger partial charge in [-0.1, -0.05) is 12.1 Å². The van der Waals surface area contributed by atoms with Gasteiger partial charge in [0, 0.05) is 37.4 Å². The second kappa shape index (κ2) is 9.75. The summed E-state index contributed by atoms with van der Waals surface area (Å²) in [4.78, 5) is 43.5. The number of hydrogen-bond donors (Lipinski definition) is 1. The highest BCUT2D eigenvalue weighted by Crippen LogP contribution is 2.33. The van der Waals surface area contributed by atoms with Crippen molar-refractivity contribution < 1.29 is 19.1 Å². The number of amides is 3. The fraction of sp³-hybridized carbons (Fsp3) is 0.423. The summed E-state index contributed by atoms with van der Waals surface area (Å²) < 4.78 is 6.05. The number of likely N-dealkylation sites (tertiary alicyclic amines) is 1. The Morgan fingerprint density at radius 1 is 0.941 bits per heavy atom. The van der Waals surface area contributed by atoms with E-state index in [4.69, 9.17) is 4.74 Å². The number of fused-ring (bicyclic) bond motifs is 1. The maximum Gasteiger partial charge on any atom is 0.265 e. The molecular weight excluding hydrogens is 432 g/mol. The Hall–Kier alpha value is -3.55. The number of benzene rings is 2. The number of piperidine rings is 1. The predicted molar refractivity (Wildman–Crippen MR) is 130 cm³/mol. The Morgan fingerprint density at radius 2 is 1.71 bits per heavy atom. The summed E-state index contributed by atoms with van der Waals surface area (Å²) in [5, 5.41) is 2.94. The predicted octanol–water partition coefficient (Wildman–Crippen LogP) is 3.03. The van der Waals surface area contributed by atoms with Gasteiger partial charge in [-0.05, 0) is 62.1 Å². The molecule has 5 rings (SSSR count). The number of nitrogens with one attached hydrogen (secondary N) is 1. The van der Waals surface area contributed by atoms with Crippen LogP contribution in [-0.4, -0.2) is 61.4 Å². The molecule has 0 spiro atoms. The fourth-order valence-corrected chi connectivity index (χ4v) is 4.92. The molecule has 1 N–H and O–H groups in total. The Balaban J connectivity index is 1.25. The Morgan fingerprint density at radius 3 is 2.44 bits per heavy atom. The summed E-state index contributed by atoms with van der Waals surface area (Å²) in [6, 6.07) is 14.9. The van der Waals surface area contributed by atoms with E-state index < -0.39 is 6.10 Å². The van der Waals surface area contributed by atoms with Crippen molar-refractivity contribution in [3.05, 3.63) is 48.5 Å². The first-order valence-corrected chi connectivity index (χ1v) is 12.1. The van der Waals surface area contributed by atoms with Gasteiger partial charge < -0.3 is 24.8 Å². The second-order valence-electron chi connectivity index (χ2n) is 9.08. The number of anilines is 3. The molecule has 2 aromatic rings. The minimum Gasteiger partial charge on any atom is -0.477 e. The van der Waals surface area contributed by atoms with Gasteiger partial charge >= 0.3 is 0 Å². The lowest BCUT2D eigenvalue weighted by molar-refractivity contribution is -0.139.